The molecule has 22 heavy (non-hydrogen) atoms. The molecule has 118 valence electrons. The third-order valence-electron chi connectivity index (χ3n) is 3.97. The lowest BCUT2D eigenvalue weighted by Crippen LogP contribution is -2.21. The van der Waals surface area contributed by atoms with Crippen molar-refractivity contribution in [2.24, 2.45) is 0 Å². The fourth-order valence-corrected chi connectivity index (χ4v) is 2.76. The molecule has 2 aromatic rings. The molecular weight excluding hydrogens is 270 g/mol. The van der Waals surface area contributed by atoms with Crippen LogP contribution in [-0.2, 0) is 6.42 Å². The van der Waals surface area contributed by atoms with Crippen molar-refractivity contribution in [1.29, 1.82) is 0 Å². The molecule has 0 amide bonds. The van der Waals surface area contributed by atoms with Crippen molar-refractivity contribution in [3.05, 3.63) is 46.8 Å². The summed E-state index contributed by atoms with van der Waals surface area (Å²) in [6.45, 7) is 13.7. The van der Waals surface area contributed by atoms with E-state index in [0.717, 1.165) is 30.3 Å². The van der Waals surface area contributed by atoms with Crippen LogP contribution in [0, 0.1) is 13.8 Å². The Balaban J connectivity index is 2.51. The summed E-state index contributed by atoms with van der Waals surface area (Å²) in [4.78, 5) is 11.5. The van der Waals surface area contributed by atoms with Crippen molar-refractivity contribution in [3.63, 3.8) is 0 Å². The van der Waals surface area contributed by atoms with Gasteiger partial charge in [-0.05, 0) is 56.4 Å². The Morgan fingerprint density at radius 1 is 1.00 bits per heavy atom. The molecule has 0 fully saturated rings. The number of anilines is 2. The Morgan fingerprint density at radius 3 is 2.14 bits per heavy atom. The van der Waals surface area contributed by atoms with Crippen LogP contribution in [0.2, 0.25) is 0 Å². The quantitative estimate of drug-likeness (QED) is 0.783. The molecule has 0 aliphatic heterocycles. The van der Waals surface area contributed by atoms with Crippen LogP contribution < -0.4 is 4.90 Å². The summed E-state index contributed by atoms with van der Waals surface area (Å²) in [6, 6.07) is 8.79. The zero-order valence-corrected chi connectivity index (χ0v) is 14.6. The second-order valence-electron chi connectivity index (χ2n) is 6.09. The van der Waals surface area contributed by atoms with Gasteiger partial charge < -0.3 is 4.90 Å². The minimum absolute atomic E-state index is 0.548. The van der Waals surface area contributed by atoms with Crippen molar-refractivity contribution < 1.29 is 0 Å². The highest BCUT2D eigenvalue weighted by Gasteiger charge is 2.15. The van der Waals surface area contributed by atoms with Crippen molar-refractivity contribution in [2.45, 2.75) is 53.9 Å². The molecule has 3 heteroatoms. The van der Waals surface area contributed by atoms with Gasteiger partial charge in [0.2, 0.25) is 5.95 Å². The van der Waals surface area contributed by atoms with Crippen LogP contribution in [0.3, 0.4) is 0 Å². The minimum atomic E-state index is 0.548. The Hall–Kier alpha value is -1.90. The highest BCUT2D eigenvalue weighted by molar-refractivity contribution is 5.63. The predicted octanol–water partition coefficient (Wildman–Crippen LogP) is 4.94. The number of hydrogen-bond donors (Lipinski definition) is 0. The Bertz CT molecular complexity index is 627. The molecule has 0 saturated heterocycles. The molecule has 1 aromatic carbocycles. The fourth-order valence-electron chi connectivity index (χ4n) is 2.76. The molecule has 0 atom stereocenters. The van der Waals surface area contributed by atoms with Gasteiger partial charge in [0.15, 0.2) is 0 Å². The number of aromatic nitrogens is 2. The van der Waals surface area contributed by atoms with E-state index in [1.807, 2.05) is 19.9 Å². The first-order valence-corrected chi connectivity index (χ1v) is 8.18. The standard InChI is InChI=1S/C19H27N3/c1-7-16-12-17(13(3)4)9-10-18(16)22(8-2)19-20-14(5)11-15(6)21-19/h9-13H,7-8H2,1-6H3. The lowest BCUT2D eigenvalue weighted by Gasteiger charge is -2.25. The molecule has 0 unspecified atom stereocenters. The van der Waals surface area contributed by atoms with Crippen LogP contribution in [0.1, 0.15) is 56.1 Å². The second kappa shape index (κ2) is 6.91. The highest BCUT2D eigenvalue weighted by atomic mass is 15.3. The van der Waals surface area contributed by atoms with Crippen molar-refractivity contribution in [2.75, 3.05) is 11.4 Å². The number of rotatable bonds is 5. The van der Waals surface area contributed by atoms with E-state index in [4.69, 9.17) is 0 Å². The summed E-state index contributed by atoms with van der Waals surface area (Å²) in [7, 11) is 0. The zero-order chi connectivity index (χ0) is 16.3. The van der Waals surface area contributed by atoms with E-state index in [2.05, 4.69) is 60.8 Å². The maximum atomic E-state index is 4.63. The molecule has 0 saturated carbocycles. The van der Waals surface area contributed by atoms with Gasteiger partial charge in [0.25, 0.3) is 0 Å². The first-order chi connectivity index (χ1) is 10.5. The van der Waals surface area contributed by atoms with Crippen LogP contribution in [0.15, 0.2) is 24.3 Å². The SMILES string of the molecule is CCc1cc(C(C)C)ccc1N(CC)c1nc(C)cc(C)n1. The Kier molecular flexibility index (Phi) is 5.17. The first-order valence-electron chi connectivity index (χ1n) is 8.18. The van der Waals surface area contributed by atoms with E-state index < -0.39 is 0 Å². The highest BCUT2D eigenvalue weighted by Crippen LogP contribution is 2.29. The lowest BCUT2D eigenvalue weighted by atomic mass is 9.98. The van der Waals surface area contributed by atoms with Gasteiger partial charge in [-0.15, -0.1) is 0 Å². The molecule has 2 rings (SSSR count). The number of hydrogen-bond acceptors (Lipinski definition) is 3. The van der Waals surface area contributed by atoms with E-state index in [9.17, 15) is 0 Å². The van der Waals surface area contributed by atoms with Gasteiger partial charge in [0, 0.05) is 23.6 Å². The normalized spacial score (nSPS) is 11.0. The maximum absolute atomic E-state index is 4.63. The molecule has 0 N–H and O–H groups in total. The molecule has 0 aliphatic carbocycles. The maximum Gasteiger partial charge on any atom is 0.230 e. The van der Waals surface area contributed by atoms with Gasteiger partial charge in [-0.3, -0.25) is 0 Å². The van der Waals surface area contributed by atoms with Gasteiger partial charge in [-0.1, -0.05) is 32.9 Å². The largest absolute Gasteiger partial charge is 0.311 e. The van der Waals surface area contributed by atoms with Crippen LogP contribution in [0.5, 0.6) is 0 Å². The predicted molar refractivity (Wildman–Crippen MR) is 94.1 cm³/mol. The summed E-state index contributed by atoms with van der Waals surface area (Å²) in [5.41, 5.74) is 5.99. The molecule has 3 nitrogen and oxygen atoms in total. The Labute approximate surface area is 134 Å². The molecule has 1 aromatic heterocycles. The molecule has 0 aliphatic rings. The molecule has 0 radical (unpaired) electrons. The smallest absolute Gasteiger partial charge is 0.230 e. The third kappa shape index (κ3) is 3.46. The zero-order valence-electron chi connectivity index (χ0n) is 14.6. The van der Waals surface area contributed by atoms with Gasteiger partial charge in [0.05, 0.1) is 0 Å². The van der Waals surface area contributed by atoms with Gasteiger partial charge in [-0.2, -0.15) is 0 Å². The molecule has 0 spiro atoms. The topological polar surface area (TPSA) is 29.0 Å². The number of nitrogens with zero attached hydrogens (tertiary/aromatic N) is 3. The average Bonchev–Trinajstić information content (AvgIpc) is 2.47. The average molecular weight is 297 g/mol. The summed E-state index contributed by atoms with van der Waals surface area (Å²) < 4.78 is 0. The van der Waals surface area contributed by atoms with Crippen molar-refractivity contribution in [1.82, 2.24) is 9.97 Å². The number of aryl methyl sites for hydroxylation is 3. The molecule has 1 heterocycles. The molecular formula is C19H27N3. The summed E-state index contributed by atoms with van der Waals surface area (Å²) in [5, 5.41) is 0. The van der Waals surface area contributed by atoms with Crippen LogP contribution in [0.25, 0.3) is 0 Å². The van der Waals surface area contributed by atoms with E-state index in [1.165, 1.54) is 16.8 Å². The summed E-state index contributed by atoms with van der Waals surface area (Å²) in [5.74, 6) is 1.35. The van der Waals surface area contributed by atoms with E-state index in [1.54, 1.807) is 0 Å². The van der Waals surface area contributed by atoms with Crippen molar-refractivity contribution in [3.8, 4) is 0 Å². The van der Waals surface area contributed by atoms with Crippen molar-refractivity contribution >= 4 is 11.6 Å². The van der Waals surface area contributed by atoms with Gasteiger partial charge in [-0.25, -0.2) is 9.97 Å². The van der Waals surface area contributed by atoms with Crippen LogP contribution in [0.4, 0.5) is 11.6 Å². The number of benzene rings is 1. The summed E-state index contributed by atoms with van der Waals surface area (Å²) in [6.07, 6.45) is 1.01. The molecule has 0 bridgehead atoms. The lowest BCUT2D eigenvalue weighted by molar-refractivity contribution is 0.857. The van der Waals surface area contributed by atoms with E-state index in [-0.39, 0.29) is 0 Å². The van der Waals surface area contributed by atoms with Crippen LogP contribution in [-0.4, -0.2) is 16.5 Å². The Morgan fingerprint density at radius 2 is 1.64 bits per heavy atom. The van der Waals surface area contributed by atoms with Gasteiger partial charge in [0.1, 0.15) is 0 Å². The van der Waals surface area contributed by atoms with E-state index >= 15 is 0 Å². The summed E-state index contributed by atoms with van der Waals surface area (Å²) >= 11 is 0. The fraction of sp³-hybridized carbons (Fsp3) is 0.474. The third-order valence-corrected chi connectivity index (χ3v) is 3.97. The second-order valence-corrected chi connectivity index (χ2v) is 6.09. The van der Waals surface area contributed by atoms with Gasteiger partial charge >= 0.3 is 0 Å². The van der Waals surface area contributed by atoms with Crippen LogP contribution >= 0.6 is 0 Å². The monoisotopic (exact) mass is 297 g/mol. The first kappa shape index (κ1) is 16.5. The van der Waals surface area contributed by atoms with E-state index in [0.29, 0.717) is 5.92 Å². The minimum Gasteiger partial charge on any atom is -0.311 e.